The quantitative estimate of drug-likeness (QED) is 0.874. The van der Waals surface area contributed by atoms with Gasteiger partial charge in [-0.3, -0.25) is 4.79 Å². The second kappa shape index (κ2) is 6.60. The monoisotopic (exact) mass is 303 g/mol. The highest BCUT2D eigenvalue weighted by atomic mass is 35.5. The van der Waals surface area contributed by atoms with Gasteiger partial charge >= 0.3 is 0 Å². The third-order valence-corrected chi connectivity index (χ3v) is 3.31. The molecular weight excluding hydrogens is 285 g/mol. The Hall–Kier alpha value is -0.770. The summed E-state index contributed by atoms with van der Waals surface area (Å²) in [4.78, 5) is 12.0. The third-order valence-electron chi connectivity index (χ3n) is 2.75. The topological polar surface area (TPSA) is 49.3 Å². The molecule has 1 atom stereocenters. The van der Waals surface area contributed by atoms with Crippen molar-refractivity contribution in [2.24, 2.45) is 5.41 Å². The fourth-order valence-electron chi connectivity index (χ4n) is 1.96. The van der Waals surface area contributed by atoms with Gasteiger partial charge in [-0.05, 0) is 37.0 Å². The lowest BCUT2D eigenvalue weighted by Crippen LogP contribution is -2.35. The summed E-state index contributed by atoms with van der Waals surface area (Å²) in [7, 11) is 0. The van der Waals surface area contributed by atoms with E-state index in [2.05, 4.69) is 5.32 Å². The van der Waals surface area contributed by atoms with E-state index in [1.807, 2.05) is 13.8 Å². The molecule has 0 fully saturated rings. The summed E-state index contributed by atoms with van der Waals surface area (Å²) in [6, 6.07) is 4.78. The Balaban J connectivity index is 2.68. The lowest BCUT2D eigenvalue weighted by molar-refractivity contribution is 0.0902. The molecule has 0 aromatic heterocycles. The maximum absolute atomic E-state index is 12.0. The summed E-state index contributed by atoms with van der Waals surface area (Å²) < 4.78 is 0. The molecule has 19 heavy (non-hydrogen) atoms. The van der Waals surface area contributed by atoms with Gasteiger partial charge < -0.3 is 10.4 Å². The Morgan fingerprint density at radius 1 is 1.42 bits per heavy atom. The summed E-state index contributed by atoms with van der Waals surface area (Å²) in [5.41, 5.74) is 0.177. The molecule has 0 radical (unpaired) electrons. The van der Waals surface area contributed by atoms with E-state index in [1.165, 1.54) is 0 Å². The van der Waals surface area contributed by atoms with Gasteiger partial charge in [0.1, 0.15) is 0 Å². The molecule has 2 N–H and O–H groups in total. The van der Waals surface area contributed by atoms with Crippen LogP contribution in [0.15, 0.2) is 18.2 Å². The van der Waals surface area contributed by atoms with Crippen LogP contribution in [0.1, 0.15) is 37.6 Å². The Kier molecular flexibility index (Phi) is 5.65. The van der Waals surface area contributed by atoms with E-state index >= 15 is 0 Å². The third kappa shape index (κ3) is 5.39. The highest BCUT2D eigenvalue weighted by Crippen LogP contribution is 2.23. The number of carbonyl (C=O) groups is 1. The number of nitrogens with one attached hydrogen (secondary N) is 1. The van der Waals surface area contributed by atoms with E-state index in [0.717, 1.165) is 0 Å². The lowest BCUT2D eigenvalue weighted by atomic mass is 9.87. The molecule has 0 aliphatic carbocycles. The first-order valence-corrected chi connectivity index (χ1v) is 6.88. The van der Waals surface area contributed by atoms with Crippen molar-refractivity contribution in [1.29, 1.82) is 0 Å². The number of rotatable bonds is 5. The van der Waals surface area contributed by atoms with Crippen LogP contribution in [0.4, 0.5) is 0 Å². The molecule has 0 unspecified atom stereocenters. The van der Waals surface area contributed by atoms with Gasteiger partial charge in [0, 0.05) is 11.6 Å². The van der Waals surface area contributed by atoms with Gasteiger partial charge in [0.2, 0.25) is 0 Å². The second-order valence-corrected chi connectivity index (χ2v) is 6.37. The van der Waals surface area contributed by atoms with Gasteiger partial charge in [-0.25, -0.2) is 0 Å². The lowest BCUT2D eigenvalue weighted by Gasteiger charge is -2.26. The Morgan fingerprint density at radius 3 is 2.63 bits per heavy atom. The van der Waals surface area contributed by atoms with Crippen LogP contribution in [-0.4, -0.2) is 23.7 Å². The molecule has 0 heterocycles. The van der Waals surface area contributed by atoms with Crippen molar-refractivity contribution in [2.75, 3.05) is 6.54 Å². The summed E-state index contributed by atoms with van der Waals surface area (Å²) in [5, 5.41) is 13.1. The standard InChI is InChI=1S/C14H19Cl2NO2/c1-9(18)7-14(2,3)8-17-13(19)11-6-10(15)4-5-12(11)16/h4-6,9,18H,7-8H2,1-3H3,(H,17,19)/t9-/m1/s1. The predicted molar refractivity (Wildman–Crippen MR) is 78.9 cm³/mol. The number of amides is 1. The van der Waals surface area contributed by atoms with E-state index in [4.69, 9.17) is 23.2 Å². The molecule has 5 heteroatoms. The van der Waals surface area contributed by atoms with Crippen LogP contribution in [0.25, 0.3) is 0 Å². The van der Waals surface area contributed by atoms with Crippen molar-refractivity contribution >= 4 is 29.1 Å². The van der Waals surface area contributed by atoms with Gasteiger partial charge in [0.25, 0.3) is 5.91 Å². The van der Waals surface area contributed by atoms with Crippen LogP contribution in [0.2, 0.25) is 10.0 Å². The van der Waals surface area contributed by atoms with E-state index < -0.39 is 6.10 Å². The normalized spacial score (nSPS) is 13.2. The summed E-state index contributed by atoms with van der Waals surface area (Å²) in [6.07, 6.45) is 0.206. The Labute approximate surface area is 123 Å². The molecule has 1 rings (SSSR count). The van der Waals surface area contributed by atoms with Crippen molar-refractivity contribution in [3.8, 4) is 0 Å². The Bertz CT molecular complexity index is 459. The number of benzene rings is 1. The van der Waals surface area contributed by atoms with E-state index in [0.29, 0.717) is 28.6 Å². The molecule has 0 aliphatic heterocycles. The van der Waals surface area contributed by atoms with Crippen LogP contribution >= 0.6 is 23.2 Å². The van der Waals surface area contributed by atoms with Gasteiger partial charge in [0.05, 0.1) is 16.7 Å². The zero-order valence-corrected chi connectivity index (χ0v) is 12.8. The first-order chi connectivity index (χ1) is 8.71. The molecule has 1 amide bonds. The highest BCUT2D eigenvalue weighted by Gasteiger charge is 2.22. The first kappa shape index (κ1) is 16.3. The van der Waals surface area contributed by atoms with Crippen LogP contribution in [0.3, 0.4) is 0 Å². The maximum atomic E-state index is 12.0. The maximum Gasteiger partial charge on any atom is 0.252 e. The van der Waals surface area contributed by atoms with Crippen molar-refractivity contribution in [1.82, 2.24) is 5.32 Å². The molecular formula is C14H19Cl2NO2. The number of hydrogen-bond acceptors (Lipinski definition) is 2. The number of aliphatic hydroxyl groups is 1. The number of hydrogen-bond donors (Lipinski definition) is 2. The van der Waals surface area contributed by atoms with Gasteiger partial charge in [-0.2, -0.15) is 0 Å². The van der Waals surface area contributed by atoms with E-state index in [9.17, 15) is 9.90 Å². The molecule has 0 aliphatic rings. The summed E-state index contributed by atoms with van der Waals surface area (Å²) >= 11 is 11.8. The molecule has 1 aromatic rings. The minimum Gasteiger partial charge on any atom is -0.393 e. The number of aliphatic hydroxyl groups excluding tert-OH is 1. The zero-order valence-electron chi connectivity index (χ0n) is 11.3. The van der Waals surface area contributed by atoms with Crippen LogP contribution in [0.5, 0.6) is 0 Å². The van der Waals surface area contributed by atoms with E-state index in [1.54, 1.807) is 25.1 Å². The highest BCUT2D eigenvalue weighted by molar-refractivity contribution is 6.35. The van der Waals surface area contributed by atoms with Gasteiger partial charge in [0.15, 0.2) is 0 Å². The SMILES string of the molecule is C[C@@H](O)CC(C)(C)CNC(=O)c1cc(Cl)ccc1Cl. The first-order valence-electron chi connectivity index (χ1n) is 6.12. The summed E-state index contributed by atoms with van der Waals surface area (Å²) in [5.74, 6) is -0.258. The minimum atomic E-state index is -0.401. The second-order valence-electron chi connectivity index (χ2n) is 5.52. The largest absolute Gasteiger partial charge is 0.393 e. The molecule has 0 saturated heterocycles. The predicted octanol–water partition coefficient (Wildman–Crippen LogP) is 3.52. The molecule has 3 nitrogen and oxygen atoms in total. The van der Waals surface area contributed by atoms with Crippen LogP contribution in [0, 0.1) is 5.41 Å². The molecule has 1 aromatic carbocycles. The Morgan fingerprint density at radius 2 is 2.05 bits per heavy atom. The van der Waals surface area contributed by atoms with Gasteiger partial charge in [-0.1, -0.05) is 37.0 Å². The summed E-state index contributed by atoms with van der Waals surface area (Å²) in [6.45, 7) is 6.16. The van der Waals surface area contributed by atoms with Crippen molar-refractivity contribution in [3.63, 3.8) is 0 Å². The van der Waals surface area contributed by atoms with Crippen LogP contribution in [-0.2, 0) is 0 Å². The van der Waals surface area contributed by atoms with Crippen LogP contribution < -0.4 is 5.32 Å². The fourth-order valence-corrected chi connectivity index (χ4v) is 2.33. The van der Waals surface area contributed by atoms with Gasteiger partial charge in [-0.15, -0.1) is 0 Å². The molecule has 0 spiro atoms. The fraction of sp³-hybridized carbons (Fsp3) is 0.500. The van der Waals surface area contributed by atoms with E-state index in [-0.39, 0.29) is 11.3 Å². The molecule has 0 bridgehead atoms. The number of carbonyl (C=O) groups excluding carboxylic acids is 1. The molecule has 0 saturated carbocycles. The smallest absolute Gasteiger partial charge is 0.252 e. The van der Waals surface area contributed by atoms with Crippen molar-refractivity contribution in [3.05, 3.63) is 33.8 Å². The number of halogens is 2. The van der Waals surface area contributed by atoms with Crippen molar-refractivity contribution in [2.45, 2.75) is 33.3 Å². The minimum absolute atomic E-state index is 0.186. The zero-order chi connectivity index (χ0) is 14.6. The molecule has 106 valence electrons. The van der Waals surface area contributed by atoms with Crippen molar-refractivity contribution < 1.29 is 9.90 Å². The average Bonchev–Trinajstić information content (AvgIpc) is 2.27. The average molecular weight is 304 g/mol.